The van der Waals surface area contributed by atoms with Gasteiger partial charge in [0.1, 0.15) is 18.3 Å². The third-order valence-electron chi connectivity index (χ3n) is 6.54. The van der Waals surface area contributed by atoms with Gasteiger partial charge in [-0.2, -0.15) is 0 Å². The Morgan fingerprint density at radius 2 is 2.14 bits per heavy atom. The molecule has 8 heteroatoms. The number of aryl methyl sites for hydroxylation is 1. The van der Waals surface area contributed by atoms with E-state index in [1.807, 2.05) is 6.92 Å². The number of likely N-dealkylation sites (tertiary alicyclic amines) is 1. The average Bonchev–Trinajstić information content (AvgIpc) is 3.08. The number of halogens is 1. The Morgan fingerprint density at radius 1 is 1.29 bits per heavy atom. The van der Waals surface area contributed by atoms with Gasteiger partial charge in [0.15, 0.2) is 0 Å². The second-order valence-electron chi connectivity index (χ2n) is 8.54. The minimum atomic E-state index is -0.347. The summed E-state index contributed by atoms with van der Waals surface area (Å²) >= 11 is 0. The first-order valence-electron chi connectivity index (χ1n) is 10.1. The standard InChI is InChI=1S/C20H24FN5O2/c1-10-4-12(11-2-3-11)5-16(21)17(10)26-8-15-18(24-26)22-20(23-19(15)27)25-7-14-6-13(25)9-28-14/h4-5,8,11,13-14,18,20,22,24H,2-3,6-7,9H2,1H3,(H,23,27)/t13-,14-,18?,20?/m1/s1. The van der Waals surface area contributed by atoms with Crippen molar-refractivity contribution < 1.29 is 13.9 Å². The lowest BCUT2D eigenvalue weighted by Crippen LogP contribution is -2.68. The van der Waals surface area contributed by atoms with Crippen LogP contribution in [0.25, 0.3) is 0 Å². The smallest absolute Gasteiger partial charge is 0.254 e. The molecule has 1 saturated carbocycles. The van der Waals surface area contributed by atoms with E-state index in [-0.39, 0.29) is 30.3 Å². The number of carbonyl (C=O) groups excluding carboxylic acids is 1. The van der Waals surface area contributed by atoms with Gasteiger partial charge in [-0.15, -0.1) is 0 Å². The van der Waals surface area contributed by atoms with Crippen LogP contribution >= 0.6 is 0 Å². The van der Waals surface area contributed by atoms with E-state index in [2.05, 4.69) is 27.0 Å². The zero-order valence-corrected chi connectivity index (χ0v) is 15.7. The lowest BCUT2D eigenvalue weighted by atomic mass is 10.1. The van der Waals surface area contributed by atoms with Gasteiger partial charge in [0, 0.05) is 18.8 Å². The van der Waals surface area contributed by atoms with Crippen LogP contribution in [0.2, 0.25) is 0 Å². The number of morpholine rings is 1. The quantitative estimate of drug-likeness (QED) is 0.722. The highest BCUT2D eigenvalue weighted by molar-refractivity contribution is 5.96. The van der Waals surface area contributed by atoms with E-state index < -0.39 is 0 Å². The molecule has 4 aliphatic heterocycles. The first kappa shape index (κ1) is 16.9. The Hall–Kier alpha value is -2.00. The van der Waals surface area contributed by atoms with Gasteiger partial charge in [-0.3, -0.25) is 20.0 Å². The topological polar surface area (TPSA) is 68.9 Å². The fourth-order valence-corrected chi connectivity index (χ4v) is 4.96. The SMILES string of the molecule is Cc1cc(C2CC2)cc(F)c1N1C=C2C(=O)NC(N3C[C@H]4C[C@@H]3CO4)NC2N1. The Balaban J connectivity index is 1.24. The van der Waals surface area contributed by atoms with Gasteiger partial charge in [-0.25, -0.2) is 9.82 Å². The predicted molar refractivity (Wildman–Crippen MR) is 101 cm³/mol. The predicted octanol–water partition coefficient (Wildman–Crippen LogP) is 1.02. The van der Waals surface area contributed by atoms with E-state index in [1.54, 1.807) is 17.3 Å². The molecule has 4 atom stereocenters. The molecule has 2 bridgehead atoms. The third-order valence-corrected chi connectivity index (χ3v) is 6.54. The van der Waals surface area contributed by atoms with Gasteiger partial charge in [0.2, 0.25) is 0 Å². The molecule has 3 saturated heterocycles. The van der Waals surface area contributed by atoms with Gasteiger partial charge in [0.05, 0.1) is 24.0 Å². The number of anilines is 1. The maximum atomic E-state index is 14.9. The molecule has 5 aliphatic rings. The lowest BCUT2D eigenvalue weighted by molar-refractivity contribution is -0.123. The van der Waals surface area contributed by atoms with Crippen LogP contribution in [0.1, 0.15) is 36.3 Å². The van der Waals surface area contributed by atoms with Crippen LogP contribution in [0, 0.1) is 12.7 Å². The number of amides is 1. The summed E-state index contributed by atoms with van der Waals surface area (Å²) in [5.74, 6) is 0.124. The Kier molecular flexibility index (Phi) is 3.62. The number of nitrogens with zero attached hydrogens (tertiary/aromatic N) is 2. The molecule has 1 aliphatic carbocycles. The summed E-state index contributed by atoms with van der Waals surface area (Å²) in [4.78, 5) is 15.0. The van der Waals surface area contributed by atoms with Gasteiger partial charge >= 0.3 is 0 Å². The zero-order chi connectivity index (χ0) is 19.0. The van der Waals surface area contributed by atoms with Crippen LogP contribution in [0.5, 0.6) is 0 Å². The van der Waals surface area contributed by atoms with Gasteiger partial charge in [-0.1, -0.05) is 6.07 Å². The molecular formula is C20H24FN5O2. The first-order chi connectivity index (χ1) is 13.6. The third kappa shape index (κ3) is 2.59. The second kappa shape index (κ2) is 6.00. The number of nitrogens with one attached hydrogen (secondary N) is 3. The molecule has 1 aromatic rings. The van der Waals surface area contributed by atoms with Crippen molar-refractivity contribution in [3.63, 3.8) is 0 Å². The molecule has 3 N–H and O–H groups in total. The summed E-state index contributed by atoms with van der Waals surface area (Å²) in [6, 6.07) is 4.04. The van der Waals surface area contributed by atoms with Crippen molar-refractivity contribution in [1.82, 2.24) is 21.0 Å². The molecule has 7 nitrogen and oxygen atoms in total. The van der Waals surface area contributed by atoms with E-state index in [1.165, 1.54) is 0 Å². The molecule has 0 spiro atoms. The van der Waals surface area contributed by atoms with Crippen LogP contribution in [0.3, 0.4) is 0 Å². The number of hydrogen-bond acceptors (Lipinski definition) is 6. The van der Waals surface area contributed by atoms with Crippen molar-refractivity contribution in [2.75, 3.05) is 18.2 Å². The van der Waals surface area contributed by atoms with E-state index in [9.17, 15) is 9.18 Å². The van der Waals surface area contributed by atoms with Crippen molar-refractivity contribution in [3.05, 3.63) is 40.8 Å². The van der Waals surface area contributed by atoms with Crippen molar-refractivity contribution >= 4 is 11.6 Å². The molecule has 2 unspecified atom stereocenters. The maximum Gasteiger partial charge on any atom is 0.254 e. The number of hydrogen-bond donors (Lipinski definition) is 3. The van der Waals surface area contributed by atoms with Gasteiger partial charge in [0.25, 0.3) is 5.91 Å². The molecule has 1 amide bonds. The number of ether oxygens (including phenoxy) is 1. The number of rotatable bonds is 3. The van der Waals surface area contributed by atoms with E-state index in [0.29, 0.717) is 29.8 Å². The maximum absolute atomic E-state index is 14.9. The number of fused-ring (bicyclic) bond motifs is 3. The highest BCUT2D eigenvalue weighted by Gasteiger charge is 2.46. The van der Waals surface area contributed by atoms with Gasteiger partial charge in [-0.05, 0) is 49.3 Å². The highest BCUT2D eigenvalue weighted by Crippen LogP contribution is 2.42. The molecule has 1 aromatic carbocycles. The normalized spacial score (nSPS) is 34.6. The summed E-state index contributed by atoms with van der Waals surface area (Å²) in [5.41, 5.74) is 6.25. The summed E-state index contributed by atoms with van der Waals surface area (Å²) in [6.45, 7) is 3.45. The van der Waals surface area contributed by atoms with Crippen LogP contribution < -0.4 is 21.1 Å². The Bertz CT molecular complexity index is 862. The molecule has 0 aromatic heterocycles. The van der Waals surface area contributed by atoms with Gasteiger partial charge < -0.3 is 10.1 Å². The minimum absolute atomic E-state index is 0.125. The van der Waals surface area contributed by atoms with E-state index >= 15 is 0 Å². The lowest BCUT2D eigenvalue weighted by Gasteiger charge is -2.40. The van der Waals surface area contributed by atoms with Crippen LogP contribution in [0.4, 0.5) is 10.1 Å². The largest absolute Gasteiger partial charge is 0.375 e. The molecular weight excluding hydrogens is 361 g/mol. The average molecular weight is 385 g/mol. The number of benzene rings is 1. The molecule has 6 rings (SSSR count). The fourth-order valence-electron chi connectivity index (χ4n) is 4.96. The molecule has 0 radical (unpaired) electrons. The van der Waals surface area contributed by atoms with E-state index in [4.69, 9.17) is 4.74 Å². The first-order valence-corrected chi connectivity index (χ1v) is 10.1. The summed E-state index contributed by atoms with van der Waals surface area (Å²) < 4.78 is 20.6. The van der Waals surface area contributed by atoms with Crippen molar-refractivity contribution in [1.29, 1.82) is 0 Å². The number of carbonyl (C=O) groups is 1. The zero-order valence-electron chi connectivity index (χ0n) is 15.7. The molecule has 148 valence electrons. The van der Waals surface area contributed by atoms with Crippen molar-refractivity contribution in [3.8, 4) is 0 Å². The van der Waals surface area contributed by atoms with Crippen molar-refractivity contribution in [2.45, 2.75) is 56.7 Å². The summed E-state index contributed by atoms with van der Waals surface area (Å²) in [5, 5.41) is 8.13. The molecule has 4 heterocycles. The second-order valence-corrected chi connectivity index (χ2v) is 8.54. The summed E-state index contributed by atoms with van der Waals surface area (Å²) in [6.07, 6.45) is 4.66. The number of hydrazine groups is 1. The highest BCUT2D eigenvalue weighted by atomic mass is 19.1. The molecule has 4 fully saturated rings. The monoisotopic (exact) mass is 385 g/mol. The van der Waals surface area contributed by atoms with Crippen LogP contribution in [-0.4, -0.2) is 48.6 Å². The fraction of sp³-hybridized carbons (Fsp3) is 0.550. The Morgan fingerprint density at radius 3 is 2.82 bits per heavy atom. The Labute approximate surface area is 162 Å². The summed E-state index contributed by atoms with van der Waals surface area (Å²) in [7, 11) is 0. The minimum Gasteiger partial charge on any atom is -0.375 e. The van der Waals surface area contributed by atoms with Crippen LogP contribution in [-0.2, 0) is 9.53 Å². The molecule has 28 heavy (non-hydrogen) atoms. The van der Waals surface area contributed by atoms with Crippen molar-refractivity contribution in [2.24, 2.45) is 0 Å². The van der Waals surface area contributed by atoms with E-state index in [0.717, 1.165) is 36.9 Å². The van der Waals surface area contributed by atoms with Crippen LogP contribution in [0.15, 0.2) is 23.9 Å².